The number of carbonyl (C=O) groups is 2. The highest BCUT2D eigenvalue weighted by molar-refractivity contribution is 5.99. The van der Waals surface area contributed by atoms with E-state index >= 15 is 0 Å². The lowest BCUT2D eigenvalue weighted by molar-refractivity contribution is -0.139. The fraction of sp³-hybridized carbons (Fsp3) is 0.455. The third-order valence-corrected chi connectivity index (χ3v) is 4.56. The fourth-order valence-corrected chi connectivity index (χ4v) is 3.14. The van der Waals surface area contributed by atoms with Crippen LogP contribution in [0.25, 0.3) is 0 Å². The van der Waals surface area contributed by atoms with Gasteiger partial charge < -0.3 is 23.8 Å². The van der Waals surface area contributed by atoms with Gasteiger partial charge in [-0.1, -0.05) is 0 Å². The van der Waals surface area contributed by atoms with Crippen LogP contribution in [0, 0.1) is 0 Å². The SMILES string of the molecule is CCOC(=O)C1=CN(C(C)C)C=C(C(=O)OCC)C1c1cc(OC)ccc1OC. The van der Waals surface area contributed by atoms with Crippen LogP contribution in [-0.2, 0) is 19.1 Å². The molecule has 1 aromatic carbocycles. The maximum Gasteiger partial charge on any atom is 0.336 e. The molecule has 0 bridgehead atoms. The normalized spacial score (nSPS) is 14.2. The quantitative estimate of drug-likeness (QED) is 0.616. The van der Waals surface area contributed by atoms with Crippen LogP contribution in [0.15, 0.2) is 41.7 Å². The molecule has 0 aliphatic carbocycles. The molecule has 0 aromatic heterocycles. The molecule has 29 heavy (non-hydrogen) atoms. The van der Waals surface area contributed by atoms with Crippen molar-refractivity contribution in [3.63, 3.8) is 0 Å². The third-order valence-electron chi connectivity index (χ3n) is 4.56. The van der Waals surface area contributed by atoms with Crippen molar-refractivity contribution in [3.05, 3.63) is 47.3 Å². The molecule has 0 radical (unpaired) electrons. The van der Waals surface area contributed by atoms with Gasteiger partial charge in [-0.3, -0.25) is 0 Å². The molecular formula is C22H29NO6. The number of nitrogens with zero attached hydrogens (tertiary/aromatic N) is 1. The van der Waals surface area contributed by atoms with E-state index in [9.17, 15) is 9.59 Å². The monoisotopic (exact) mass is 403 g/mol. The zero-order valence-corrected chi connectivity index (χ0v) is 17.9. The molecule has 2 rings (SSSR count). The molecule has 1 aromatic rings. The maximum atomic E-state index is 12.9. The molecule has 0 fully saturated rings. The van der Waals surface area contributed by atoms with Gasteiger partial charge in [0.05, 0.1) is 44.5 Å². The van der Waals surface area contributed by atoms with Crippen molar-refractivity contribution in [2.45, 2.75) is 39.7 Å². The number of rotatable bonds is 8. The van der Waals surface area contributed by atoms with Crippen LogP contribution in [0.2, 0.25) is 0 Å². The van der Waals surface area contributed by atoms with Crippen molar-refractivity contribution >= 4 is 11.9 Å². The first kappa shape index (κ1) is 22.3. The summed E-state index contributed by atoms with van der Waals surface area (Å²) in [5, 5.41) is 0. The second-order valence-electron chi connectivity index (χ2n) is 6.69. The van der Waals surface area contributed by atoms with E-state index in [-0.39, 0.29) is 19.3 Å². The summed E-state index contributed by atoms with van der Waals surface area (Å²) in [6.07, 6.45) is 3.43. The van der Waals surface area contributed by atoms with Gasteiger partial charge in [0.25, 0.3) is 0 Å². The lowest BCUT2D eigenvalue weighted by Crippen LogP contribution is -2.32. The van der Waals surface area contributed by atoms with Gasteiger partial charge in [0.15, 0.2) is 0 Å². The molecule has 1 aliphatic heterocycles. The van der Waals surface area contributed by atoms with Crippen LogP contribution in [-0.4, -0.2) is 50.3 Å². The minimum atomic E-state index is -0.715. The van der Waals surface area contributed by atoms with Crippen molar-refractivity contribution in [1.29, 1.82) is 0 Å². The van der Waals surface area contributed by atoms with E-state index in [1.807, 2.05) is 18.7 Å². The predicted octanol–water partition coefficient (Wildman–Crippen LogP) is 3.41. The zero-order chi connectivity index (χ0) is 21.6. The van der Waals surface area contributed by atoms with Crippen molar-refractivity contribution in [3.8, 4) is 11.5 Å². The zero-order valence-electron chi connectivity index (χ0n) is 17.9. The Morgan fingerprint density at radius 3 is 1.93 bits per heavy atom. The van der Waals surface area contributed by atoms with Crippen molar-refractivity contribution in [2.75, 3.05) is 27.4 Å². The lowest BCUT2D eigenvalue weighted by Gasteiger charge is -2.33. The summed E-state index contributed by atoms with van der Waals surface area (Å²) in [5.41, 5.74) is 1.28. The summed E-state index contributed by atoms with van der Waals surface area (Å²) in [4.78, 5) is 27.5. The summed E-state index contributed by atoms with van der Waals surface area (Å²) in [7, 11) is 3.09. The lowest BCUT2D eigenvalue weighted by atomic mass is 9.82. The molecule has 0 saturated carbocycles. The minimum absolute atomic E-state index is 0.0250. The van der Waals surface area contributed by atoms with E-state index < -0.39 is 17.9 Å². The van der Waals surface area contributed by atoms with Gasteiger partial charge >= 0.3 is 11.9 Å². The summed E-state index contributed by atoms with van der Waals surface area (Å²) in [6, 6.07) is 5.29. The smallest absolute Gasteiger partial charge is 0.336 e. The Morgan fingerprint density at radius 2 is 1.52 bits per heavy atom. The number of hydrogen-bond donors (Lipinski definition) is 0. The molecule has 158 valence electrons. The molecule has 0 N–H and O–H groups in total. The third kappa shape index (κ3) is 4.91. The highest BCUT2D eigenvalue weighted by atomic mass is 16.5. The molecule has 7 heteroatoms. The summed E-state index contributed by atoms with van der Waals surface area (Å²) in [5.74, 6) is -0.600. The average Bonchev–Trinajstić information content (AvgIpc) is 2.72. The fourth-order valence-electron chi connectivity index (χ4n) is 3.14. The number of hydrogen-bond acceptors (Lipinski definition) is 7. The van der Waals surface area contributed by atoms with Gasteiger partial charge in [0, 0.05) is 24.0 Å². The van der Waals surface area contributed by atoms with E-state index in [2.05, 4.69) is 0 Å². The molecule has 7 nitrogen and oxygen atoms in total. The van der Waals surface area contributed by atoms with Gasteiger partial charge in [0.1, 0.15) is 11.5 Å². The first-order valence-electron chi connectivity index (χ1n) is 9.64. The Morgan fingerprint density at radius 1 is 0.966 bits per heavy atom. The molecule has 0 unspecified atom stereocenters. The van der Waals surface area contributed by atoms with Crippen LogP contribution in [0.5, 0.6) is 11.5 Å². The summed E-state index contributed by atoms with van der Waals surface area (Å²) >= 11 is 0. The van der Waals surface area contributed by atoms with E-state index in [4.69, 9.17) is 18.9 Å². The predicted molar refractivity (Wildman–Crippen MR) is 109 cm³/mol. The maximum absolute atomic E-state index is 12.9. The first-order valence-corrected chi connectivity index (χ1v) is 9.64. The molecule has 0 atom stereocenters. The van der Waals surface area contributed by atoms with Gasteiger partial charge in [-0.15, -0.1) is 0 Å². The van der Waals surface area contributed by atoms with Crippen LogP contribution < -0.4 is 9.47 Å². The van der Waals surface area contributed by atoms with Gasteiger partial charge in [-0.2, -0.15) is 0 Å². The summed E-state index contributed by atoms with van der Waals surface area (Å²) < 4.78 is 21.5. The second-order valence-corrected chi connectivity index (χ2v) is 6.69. The molecule has 0 spiro atoms. The van der Waals surface area contributed by atoms with E-state index in [1.54, 1.807) is 51.6 Å². The first-order chi connectivity index (χ1) is 13.9. The van der Waals surface area contributed by atoms with Crippen molar-refractivity contribution in [2.24, 2.45) is 0 Å². The Bertz CT molecular complexity index is 776. The van der Waals surface area contributed by atoms with Crippen molar-refractivity contribution < 1.29 is 28.5 Å². The van der Waals surface area contributed by atoms with E-state index in [0.29, 0.717) is 28.2 Å². The Balaban J connectivity index is 2.72. The number of ether oxygens (including phenoxy) is 4. The van der Waals surface area contributed by atoms with Crippen LogP contribution in [0.3, 0.4) is 0 Å². The van der Waals surface area contributed by atoms with E-state index in [1.165, 1.54) is 7.11 Å². The van der Waals surface area contributed by atoms with Crippen LogP contribution in [0.4, 0.5) is 0 Å². The number of methoxy groups -OCH3 is 2. The second kappa shape index (κ2) is 10.0. The average molecular weight is 403 g/mol. The minimum Gasteiger partial charge on any atom is -0.497 e. The molecule has 0 saturated heterocycles. The Hall–Kier alpha value is -2.96. The number of esters is 2. The number of carbonyl (C=O) groups excluding carboxylic acids is 2. The van der Waals surface area contributed by atoms with Crippen LogP contribution >= 0.6 is 0 Å². The van der Waals surface area contributed by atoms with Gasteiger partial charge in [-0.25, -0.2) is 9.59 Å². The standard InChI is InChI=1S/C22H29NO6/c1-7-28-21(24)17-12-23(14(3)4)13-18(22(25)29-8-2)20(17)16-11-15(26-5)9-10-19(16)27-6/h9-14,20H,7-8H2,1-6H3. The van der Waals surface area contributed by atoms with E-state index in [0.717, 1.165) is 0 Å². The molecule has 0 amide bonds. The largest absolute Gasteiger partial charge is 0.497 e. The topological polar surface area (TPSA) is 74.3 Å². The number of benzene rings is 1. The summed E-state index contributed by atoms with van der Waals surface area (Å²) in [6.45, 7) is 7.85. The Kier molecular flexibility index (Phi) is 7.70. The van der Waals surface area contributed by atoms with Gasteiger partial charge in [-0.05, 0) is 45.9 Å². The Labute approximate surface area is 171 Å². The molecule has 1 aliphatic rings. The van der Waals surface area contributed by atoms with Gasteiger partial charge in [0.2, 0.25) is 0 Å². The molecule has 1 heterocycles. The van der Waals surface area contributed by atoms with Crippen molar-refractivity contribution in [1.82, 2.24) is 4.90 Å². The molecular weight excluding hydrogens is 374 g/mol. The highest BCUT2D eigenvalue weighted by Gasteiger charge is 2.37. The van der Waals surface area contributed by atoms with Crippen LogP contribution in [0.1, 0.15) is 39.2 Å². The highest BCUT2D eigenvalue weighted by Crippen LogP contribution is 2.42.